The second kappa shape index (κ2) is 8.55. The van der Waals surface area contributed by atoms with Crippen LogP contribution in [0.5, 0.6) is 11.5 Å². The lowest BCUT2D eigenvalue weighted by molar-refractivity contribution is -0.119. The maximum atomic E-state index is 12.5. The van der Waals surface area contributed by atoms with Crippen LogP contribution in [0.25, 0.3) is 11.0 Å². The SMILES string of the molecule is COc1cc(CNC(=O)c2ccc3nc(C)c(C)nc3c2)ccc1OCC(N)=O. The van der Waals surface area contributed by atoms with Crippen molar-refractivity contribution >= 4 is 22.8 Å². The number of methoxy groups -OCH3 is 1. The van der Waals surface area contributed by atoms with Gasteiger partial charge >= 0.3 is 0 Å². The summed E-state index contributed by atoms with van der Waals surface area (Å²) in [6.07, 6.45) is 0. The minimum absolute atomic E-state index is 0.222. The molecule has 0 aliphatic carbocycles. The van der Waals surface area contributed by atoms with Crippen molar-refractivity contribution in [1.82, 2.24) is 15.3 Å². The van der Waals surface area contributed by atoms with Crippen molar-refractivity contribution in [3.8, 4) is 11.5 Å². The molecule has 3 rings (SSSR count). The van der Waals surface area contributed by atoms with Crippen molar-refractivity contribution in [2.75, 3.05) is 13.7 Å². The minimum atomic E-state index is -0.575. The molecule has 3 N–H and O–H groups in total. The van der Waals surface area contributed by atoms with E-state index in [0.717, 1.165) is 22.5 Å². The summed E-state index contributed by atoms with van der Waals surface area (Å²) >= 11 is 0. The Morgan fingerprint density at radius 3 is 2.41 bits per heavy atom. The van der Waals surface area contributed by atoms with E-state index >= 15 is 0 Å². The number of fused-ring (bicyclic) bond motifs is 1. The van der Waals surface area contributed by atoms with Gasteiger partial charge in [-0.15, -0.1) is 0 Å². The molecule has 8 heteroatoms. The van der Waals surface area contributed by atoms with Gasteiger partial charge in [-0.2, -0.15) is 0 Å². The number of nitrogens with two attached hydrogens (primary N) is 1. The van der Waals surface area contributed by atoms with Gasteiger partial charge in [0.2, 0.25) is 0 Å². The first kappa shape index (κ1) is 20.1. The Labute approximate surface area is 168 Å². The predicted octanol–water partition coefficient (Wildman–Crippen LogP) is 2.05. The van der Waals surface area contributed by atoms with Crippen molar-refractivity contribution in [2.45, 2.75) is 20.4 Å². The number of carbonyl (C=O) groups excluding carboxylic acids is 2. The number of aromatic nitrogens is 2. The van der Waals surface area contributed by atoms with Crippen LogP contribution in [-0.4, -0.2) is 35.5 Å². The van der Waals surface area contributed by atoms with E-state index in [0.29, 0.717) is 29.1 Å². The molecule has 3 aromatic rings. The van der Waals surface area contributed by atoms with Crippen LogP contribution >= 0.6 is 0 Å². The number of primary amides is 1. The van der Waals surface area contributed by atoms with E-state index in [2.05, 4.69) is 15.3 Å². The Bertz CT molecular complexity index is 1080. The number of carbonyl (C=O) groups is 2. The molecule has 0 fully saturated rings. The van der Waals surface area contributed by atoms with E-state index < -0.39 is 5.91 Å². The zero-order valence-electron chi connectivity index (χ0n) is 16.5. The normalized spacial score (nSPS) is 10.6. The van der Waals surface area contributed by atoms with Crippen LogP contribution in [0.4, 0.5) is 0 Å². The van der Waals surface area contributed by atoms with Gasteiger partial charge in [0.1, 0.15) is 0 Å². The third kappa shape index (κ3) is 4.78. The zero-order valence-corrected chi connectivity index (χ0v) is 16.5. The fraction of sp³-hybridized carbons (Fsp3) is 0.238. The Hall–Kier alpha value is -3.68. The molecule has 0 unspecified atom stereocenters. The van der Waals surface area contributed by atoms with Crippen molar-refractivity contribution < 1.29 is 19.1 Å². The van der Waals surface area contributed by atoms with Gasteiger partial charge in [-0.1, -0.05) is 6.07 Å². The average Bonchev–Trinajstić information content (AvgIpc) is 2.71. The van der Waals surface area contributed by atoms with Crippen LogP contribution < -0.4 is 20.5 Å². The lowest BCUT2D eigenvalue weighted by atomic mass is 10.1. The van der Waals surface area contributed by atoms with Gasteiger partial charge in [0, 0.05) is 12.1 Å². The minimum Gasteiger partial charge on any atom is -0.493 e. The molecule has 8 nitrogen and oxygen atoms in total. The molecule has 2 aromatic carbocycles. The molecule has 0 aliphatic rings. The van der Waals surface area contributed by atoms with Crippen molar-refractivity contribution in [3.05, 3.63) is 58.9 Å². The molecule has 0 bridgehead atoms. The summed E-state index contributed by atoms with van der Waals surface area (Å²) in [7, 11) is 1.49. The first-order chi connectivity index (χ1) is 13.9. The van der Waals surface area contributed by atoms with Crippen LogP contribution in [0.3, 0.4) is 0 Å². The number of aryl methyl sites for hydroxylation is 2. The smallest absolute Gasteiger partial charge is 0.255 e. The molecule has 1 aromatic heterocycles. The van der Waals surface area contributed by atoms with Crippen molar-refractivity contribution in [2.24, 2.45) is 5.73 Å². The highest BCUT2D eigenvalue weighted by atomic mass is 16.5. The molecule has 0 saturated carbocycles. The number of ether oxygens (including phenoxy) is 2. The summed E-state index contributed by atoms with van der Waals surface area (Å²) in [5.74, 6) is 0.0544. The van der Waals surface area contributed by atoms with Crippen molar-refractivity contribution in [3.63, 3.8) is 0 Å². The van der Waals surface area contributed by atoms with E-state index in [4.69, 9.17) is 15.2 Å². The quantitative estimate of drug-likeness (QED) is 0.633. The van der Waals surface area contributed by atoms with Gasteiger partial charge in [0.25, 0.3) is 11.8 Å². The van der Waals surface area contributed by atoms with Crippen LogP contribution in [0, 0.1) is 13.8 Å². The number of benzene rings is 2. The molecule has 2 amide bonds. The summed E-state index contributed by atoms with van der Waals surface area (Å²) in [6.45, 7) is 3.85. The summed E-state index contributed by atoms with van der Waals surface area (Å²) in [6, 6.07) is 10.4. The topological polar surface area (TPSA) is 116 Å². The summed E-state index contributed by atoms with van der Waals surface area (Å²) in [5.41, 5.74) is 9.54. The molecule has 1 heterocycles. The summed E-state index contributed by atoms with van der Waals surface area (Å²) < 4.78 is 10.6. The van der Waals surface area contributed by atoms with E-state index in [1.807, 2.05) is 13.8 Å². The van der Waals surface area contributed by atoms with Gasteiger partial charge in [0.05, 0.1) is 29.5 Å². The Kier molecular flexibility index (Phi) is 5.92. The second-order valence-corrected chi connectivity index (χ2v) is 6.52. The molecule has 150 valence electrons. The van der Waals surface area contributed by atoms with Crippen LogP contribution in [-0.2, 0) is 11.3 Å². The molecule has 0 aliphatic heterocycles. The maximum absolute atomic E-state index is 12.5. The largest absolute Gasteiger partial charge is 0.493 e. The van der Waals surface area contributed by atoms with Gasteiger partial charge < -0.3 is 20.5 Å². The number of hydrogen-bond acceptors (Lipinski definition) is 6. The lowest BCUT2D eigenvalue weighted by Crippen LogP contribution is -2.23. The van der Waals surface area contributed by atoms with Gasteiger partial charge in [-0.25, -0.2) is 9.97 Å². The van der Waals surface area contributed by atoms with E-state index in [1.54, 1.807) is 36.4 Å². The first-order valence-corrected chi connectivity index (χ1v) is 8.98. The second-order valence-electron chi connectivity index (χ2n) is 6.52. The molecule has 0 radical (unpaired) electrons. The number of hydrogen-bond donors (Lipinski definition) is 2. The zero-order chi connectivity index (χ0) is 21.0. The summed E-state index contributed by atoms with van der Waals surface area (Å²) in [4.78, 5) is 32.4. The Morgan fingerprint density at radius 2 is 1.72 bits per heavy atom. The molecule has 0 atom stereocenters. The molecule has 29 heavy (non-hydrogen) atoms. The van der Waals surface area contributed by atoms with Gasteiger partial charge in [-0.3, -0.25) is 9.59 Å². The average molecular weight is 394 g/mol. The molecule has 0 spiro atoms. The lowest BCUT2D eigenvalue weighted by Gasteiger charge is -2.12. The highest BCUT2D eigenvalue weighted by Crippen LogP contribution is 2.28. The molecular weight excluding hydrogens is 372 g/mol. The Balaban J connectivity index is 1.70. The third-order valence-corrected chi connectivity index (χ3v) is 4.39. The summed E-state index contributed by atoms with van der Waals surface area (Å²) in [5, 5.41) is 2.87. The van der Waals surface area contributed by atoms with E-state index in [1.165, 1.54) is 7.11 Å². The maximum Gasteiger partial charge on any atom is 0.255 e. The van der Waals surface area contributed by atoms with Crippen LogP contribution in [0.2, 0.25) is 0 Å². The Morgan fingerprint density at radius 1 is 1.00 bits per heavy atom. The highest BCUT2D eigenvalue weighted by Gasteiger charge is 2.11. The number of rotatable bonds is 7. The van der Waals surface area contributed by atoms with Gasteiger partial charge in [-0.05, 0) is 49.7 Å². The fourth-order valence-corrected chi connectivity index (χ4v) is 2.75. The van der Waals surface area contributed by atoms with Gasteiger partial charge in [0.15, 0.2) is 18.1 Å². The van der Waals surface area contributed by atoms with E-state index in [-0.39, 0.29) is 12.5 Å². The van der Waals surface area contributed by atoms with Crippen LogP contribution in [0.15, 0.2) is 36.4 Å². The first-order valence-electron chi connectivity index (χ1n) is 8.98. The predicted molar refractivity (Wildman–Crippen MR) is 108 cm³/mol. The van der Waals surface area contributed by atoms with Crippen molar-refractivity contribution in [1.29, 1.82) is 0 Å². The third-order valence-electron chi connectivity index (χ3n) is 4.39. The number of nitrogens with one attached hydrogen (secondary N) is 1. The molecular formula is C21H22N4O4. The van der Waals surface area contributed by atoms with Crippen LogP contribution in [0.1, 0.15) is 27.3 Å². The number of nitrogens with zero attached hydrogens (tertiary/aromatic N) is 2. The standard InChI is InChI=1S/C21H22N4O4/c1-12-13(2)25-17-9-15(5-6-16(17)24-12)21(27)23-10-14-4-7-18(19(8-14)28-3)29-11-20(22)26/h4-9H,10-11H2,1-3H3,(H2,22,26)(H,23,27). The number of amides is 2. The fourth-order valence-electron chi connectivity index (χ4n) is 2.75. The molecule has 0 saturated heterocycles. The van der Waals surface area contributed by atoms with E-state index in [9.17, 15) is 9.59 Å². The highest BCUT2D eigenvalue weighted by molar-refractivity contribution is 5.97. The monoisotopic (exact) mass is 394 g/mol.